The zero-order chi connectivity index (χ0) is 28.2. The highest BCUT2D eigenvalue weighted by atomic mass is 127. The third-order valence-electron chi connectivity index (χ3n) is 6.12. The molecule has 1 fully saturated rings. The molecule has 5 rings (SSSR count). The van der Waals surface area contributed by atoms with Gasteiger partial charge >= 0.3 is 0 Å². The van der Waals surface area contributed by atoms with E-state index in [0.717, 1.165) is 36.6 Å². The van der Waals surface area contributed by atoms with Gasteiger partial charge in [-0.3, -0.25) is 19.3 Å². The van der Waals surface area contributed by atoms with Gasteiger partial charge < -0.3 is 14.8 Å². The van der Waals surface area contributed by atoms with E-state index < -0.39 is 17.1 Å². The summed E-state index contributed by atoms with van der Waals surface area (Å²) in [6.07, 6.45) is 1.61. The predicted molar refractivity (Wildman–Crippen MR) is 167 cm³/mol. The highest BCUT2D eigenvalue weighted by molar-refractivity contribution is 14.1. The van der Waals surface area contributed by atoms with Crippen LogP contribution in [0.3, 0.4) is 0 Å². The second kappa shape index (κ2) is 12.3. The number of thioether (sulfide) groups is 1. The lowest BCUT2D eigenvalue weighted by atomic mass is 10.1. The molecule has 4 aromatic rings. The average molecular weight is 685 g/mol. The molecule has 0 saturated carbocycles. The van der Waals surface area contributed by atoms with E-state index in [4.69, 9.17) is 21.1 Å². The van der Waals surface area contributed by atoms with E-state index in [0.29, 0.717) is 27.8 Å². The molecule has 202 valence electrons. The summed E-state index contributed by atoms with van der Waals surface area (Å²) in [6, 6.07) is 24.2. The Bertz CT molecular complexity index is 1670. The Morgan fingerprint density at radius 3 is 2.60 bits per heavy atom. The molecule has 3 amide bonds. The van der Waals surface area contributed by atoms with Crippen LogP contribution in [-0.4, -0.2) is 35.6 Å². The molecule has 0 radical (unpaired) electrons. The maximum absolute atomic E-state index is 13.1. The smallest absolute Gasteiger partial charge is 0.294 e. The monoisotopic (exact) mass is 684 g/mol. The van der Waals surface area contributed by atoms with E-state index in [9.17, 15) is 14.4 Å². The van der Waals surface area contributed by atoms with Crippen LogP contribution in [0.2, 0.25) is 5.02 Å². The fourth-order valence-electron chi connectivity index (χ4n) is 4.18. The summed E-state index contributed by atoms with van der Waals surface area (Å²) in [5.74, 6) is 0.0181. The van der Waals surface area contributed by atoms with Crippen LogP contribution in [0.5, 0.6) is 11.5 Å². The van der Waals surface area contributed by atoms with Crippen molar-refractivity contribution in [2.75, 3.05) is 19.0 Å². The Morgan fingerprint density at radius 2 is 1.80 bits per heavy atom. The summed E-state index contributed by atoms with van der Waals surface area (Å²) in [6.45, 7) is -0.133. The van der Waals surface area contributed by atoms with Gasteiger partial charge in [-0.05, 0) is 75.6 Å². The molecule has 40 heavy (non-hydrogen) atoms. The maximum Gasteiger partial charge on any atom is 0.294 e. The number of carbonyl (C=O) groups is 3. The van der Waals surface area contributed by atoms with Crippen molar-refractivity contribution in [2.24, 2.45) is 0 Å². The minimum Gasteiger partial charge on any atom is -0.493 e. The lowest BCUT2D eigenvalue weighted by Gasteiger charge is -2.14. The van der Waals surface area contributed by atoms with E-state index in [1.165, 1.54) is 7.11 Å². The molecule has 1 heterocycles. The van der Waals surface area contributed by atoms with Crippen LogP contribution in [-0.2, 0) is 16.2 Å². The van der Waals surface area contributed by atoms with Crippen LogP contribution in [0, 0.1) is 3.57 Å². The number of hydrogen-bond donors (Lipinski definition) is 1. The van der Waals surface area contributed by atoms with Crippen molar-refractivity contribution in [2.45, 2.75) is 6.61 Å². The number of fused-ring (bicyclic) bond motifs is 1. The highest BCUT2D eigenvalue weighted by Crippen LogP contribution is 2.38. The summed E-state index contributed by atoms with van der Waals surface area (Å²) in [4.78, 5) is 39.7. The van der Waals surface area contributed by atoms with Crippen LogP contribution in [0.4, 0.5) is 10.5 Å². The van der Waals surface area contributed by atoms with Gasteiger partial charge in [0.25, 0.3) is 11.1 Å². The van der Waals surface area contributed by atoms with E-state index in [1.807, 2.05) is 60.7 Å². The molecule has 0 aromatic heterocycles. The molecule has 7 nitrogen and oxygen atoms in total. The Balaban J connectivity index is 1.30. The summed E-state index contributed by atoms with van der Waals surface area (Å²) < 4.78 is 12.3. The Kier molecular flexibility index (Phi) is 8.63. The number of rotatable bonds is 8. The minimum absolute atomic E-state index is 0.213. The van der Waals surface area contributed by atoms with Gasteiger partial charge in [-0.15, -0.1) is 0 Å². The van der Waals surface area contributed by atoms with Gasteiger partial charge in [-0.2, -0.15) is 0 Å². The average Bonchev–Trinajstić information content (AvgIpc) is 3.20. The third-order valence-corrected chi connectivity index (χ3v) is 8.20. The molecule has 10 heteroatoms. The molecular formula is C30H22ClIN2O5S. The number of imide groups is 1. The fraction of sp³-hybridized carbons (Fsp3) is 0.100. The summed E-state index contributed by atoms with van der Waals surface area (Å²) in [5, 5.41) is 4.76. The van der Waals surface area contributed by atoms with Crippen LogP contribution < -0.4 is 14.8 Å². The largest absolute Gasteiger partial charge is 0.493 e. The molecule has 4 aromatic carbocycles. The van der Waals surface area contributed by atoms with Gasteiger partial charge in [-0.25, -0.2) is 0 Å². The molecule has 0 bridgehead atoms. The van der Waals surface area contributed by atoms with Gasteiger partial charge in [0.05, 0.1) is 15.6 Å². The summed E-state index contributed by atoms with van der Waals surface area (Å²) in [7, 11) is 1.53. The van der Waals surface area contributed by atoms with Gasteiger partial charge in [-0.1, -0.05) is 66.2 Å². The van der Waals surface area contributed by atoms with Crippen molar-refractivity contribution < 1.29 is 23.9 Å². The molecule has 1 aliphatic rings. The van der Waals surface area contributed by atoms with Crippen molar-refractivity contribution in [1.82, 2.24) is 4.90 Å². The first-order chi connectivity index (χ1) is 19.3. The van der Waals surface area contributed by atoms with Crippen LogP contribution in [0.1, 0.15) is 11.1 Å². The van der Waals surface area contributed by atoms with E-state index in [2.05, 4.69) is 27.9 Å². The van der Waals surface area contributed by atoms with Gasteiger partial charge in [0.2, 0.25) is 5.91 Å². The normalized spacial score (nSPS) is 14.2. The van der Waals surface area contributed by atoms with E-state index in [1.54, 1.807) is 24.3 Å². The molecule has 0 unspecified atom stereocenters. The number of hydrogen-bond acceptors (Lipinski definition) is 6. The standard InChI is InChI=1S/C30H22ClIN2O5S/c1-38-25-14-18(13-23(32)28(25)39-17-20-8-3-5-11-22(20)31)15-26-29(36)34(30(37)40-26)16-27(35)33-24-12-6-9-19-7-2-4-10-21(19)24/h2-15H,16-17H2,1H3,(H,33,35)/b26-15+. The number of carbonyl (C=O) groups excluding carboxylic acids is 3. The number of nitrogens with zero attached hydrogens (tertiary/aromatic N) is 1. The number of amides is 3. The lowest BCUT2D eigenvalue weighted by Crippen LogP contribution is -2.36. The summed E-state index contributed by atoms with van der Waals surface area (Å²) >= 11 is 9.16. The van der Waals surface area contributed by atoms with Crippen molar-refractivity contribution in [3.8, 4) is 11.5 Å². The molecule has 0 spiro atoms. The first-order valence-electron chi connectivity index (χ1n) is 12.1. The SMILES string of the molecule is COc1cc(/C=C2/SC(=O)N(CC(=O)Nc3cccc4ccccc34)C2=O)cc(I)c1OCc1ccccc1Cl. The minimum atomic E-state index is -0.531. The maximum atomic E-state index is 13.1. The van der Waals surface area contributed by atoms with E-state index in [-0.39, 0.29) is 18.1 Å². The molecule has 0 aliphatic carbocycles. The van der Waals surface area contributed by atoms with Crippen molar-refractivity contribution in [3.63, 3.8) is 0 Å². The molecule has 1 aliphatic heterocycles. The first-order valence-corrected chi connectivity index (χ1v) is 14.4. The van der Waals surface area contributed by atoms with Gasteiger partial charge in [0.1, 0.15) is 13.2 Å². The Hall–Kier alpha value is -3.54. The predicted octanol–water partition coefficient (Wildman–Crippen LogP) is 7.36. The Labute approximate surface area is 253 Å². The highest BCUT2D eigenvalue weighted by Gasteiger charge is 2.36. The Morgan fingerprint density at radius 1 is 1.05 bits per heavy atom. The molecule has 1 saturated heterocycles. The summed E-state index contributed by atoms with van der Waals surface area (Å²) in [5.41, 5.74) is 2.10. The molecule has 1 N–H and O–H groups in total. The van der Waals surface area contributed by atoms with Gasteiger partial charge in [0.15, 0.2) is 11.5 Å². The fourth-order valence-corrected chi connectivity index (χ4v) is 5.99. The molecule has 0 atom stereocenters. The number of benzene rings is 4. The van der Waals surface area contributed by atoms with Gasteiger partial charge in [0, 0.05) is 21.7 Å². The third kappa shape index (κ3) is 6.11. The van der Waals surface area contributed by atoms with Crippen LogP contribution >= 0.6 is 46.0 Å². The second-order valence-electron chi connectivity index (χ2n) is 8.76. The van der Waals surface area contributed by atoms with E-state index >= 15 is 0 Å². The zero-order valence-corrected chi connectivity index (χ0v) is 24.9. The topological polar surface area (TPSA) is 84.9 Å². The quantitative estimate of drug-likeness (QED) is 0.154. The van der Waals surface area contributed by atoms with Crippen molar-refractivity contribution >= 4 is 85.5 Å². The number of nitrogens with one attached hydrogen (secondary N) is 1. The number of halogens is 2. The van der Waals surface area contributed by atoms with Crippen LogP contribution in [0.15, 0.2) is 83.8 Å². The van der Waals surface area contributed by atoms with Crippen LogP contribution in [0.25, 0.3) is 16.8 Å². The zero-order valence-electron chi connectivity index (χ0n) is 21.1. The molecular weight excluding hydrogens is 663 g/mol. The number of methoxy groups -OCH3 is 1. The number of anilines is 1. The second-order valence-corrected chi connectivity index (χ2v) is 11.3. The first kappa shape index (κ1) is 28.0. The lowest BCUT2D eigenvalue weighted by molar-refractivity contribution is -0.127. The van der Waals surface area contributed by atoms with Crippen molar-refractivity contribution in [1.29, 1.82) is 0 Å². The van der Waals surface area contributed by atoms with Crippen molar-refractivity contribution in [3.05, 3.63) is 103 Å². The number of ether oxygens (including phenoxy) is 2.